The first-order chi connectivity index (χ1) is 10.6. The van der Waals surface area contributed by atoms with Crippen molar-refractivity contribution in [2.45, 2.75) is 116 Å². The molecule has 0 saturated carbocycles. The molecule has 0 spiro atoms. The summed E-state index contributed by atoms with van der Waals surface area (Å²) in [5.74, 6) is 0.515. The molecule has 2 nitrogen and oxygen atoms in total. The summed E-state index contributed by atoms with van der Waals surface area (Å²) in [4.78, 5) is 11.1. The second kappa shape index (κ2) is 16.3. The molecule has 0 aromatic carbocycles. The van der Waals surface area contributed by atoms with E-state index in [0.717, 1.165) is 0 Å². The lowest BCUT2D eigenvalue weighted by atomic mass is 9.58. The van der Waals surface area contributed by atoms with Gasteiger partial charge in [-0.2, -0.15) is 0 Å². The Morgan fingerprint density at radius 2 is 1.26 bits per heavy atom. The molecule has 2 atom stereocenters. The molecule has 1 amide bonds. The van der Waals surface area contributed by atoms with Crippen molar-refractivity contribution in [2.75, 3.05) is 0 Å². The molecule has 23 heavy (non-hydrogen) atoms. The third-order valence-corrected chi connectivity index (χ3v) is 4.94. The summed E-state index contributed by atoms with van der Waals surface area (Å²) >= 11 is 0. The number of nitrogens with one attached hydrogen (secondary N) is 1. The fraction of sp³-hybridized carbons (Fsp3) is 0.952. The fourth-order valence-corrected chi connectivity index (χ4v) is 2.63. The van der Waals surface area contributed by atoms with E-state index in [2.05, 4.69) is 53.8 Å². The van der Waals surface area contributed by atoms with Crippen molar-refractivity contribution in [3.8, 4) is 0 Å². The highest BCUT2D eigenvalue weighted by atomic mass is 16.1. The zero-order valence-corrected chi connectivity index (χ0v) is 19.0. The Morgan fingerprint density at radius 3 is 1.52 bits per heavy atom. The number of carbonyl (C=O) groups excluding carboxylic acids is 1. The van der Waals surface area contributed by atoms with Crippen molar-refractivity contribution in [1.82, 2.24) is 5.32 Å². The molecule has 0 radical (unpaired) electrons. The Bertz CT molecular complexity index is 257. The van der Waals surface area contributed by atoms with Gasteiger partial charge in [0.1, 0.15) is 0 Å². The van der Waals surface area contributed by atoms with Gasteiger partial charge in [0.25, 0.3) is 0 Å². The summed E-state index contributed by atoms with van der Waals surface area (Å²) in [6, 6.07) is 0.221. The first-order valence-corrected chi connectivity index (χ1v) is 9.83. The molecule has 0 aromatic heterocycles. The van der Waals surface area contributed by atoms with Crippen LogP contribution in [0.1, 0.15) is 110 Å². The van der Waals surface area contributed by atoms with Crippen LogP contribution in [0.3, 0.4) is 0 Å². The lowest BCUT2D eigenvalue weighted by Gasteiger charge is -2.48. The van der Waals surface area contributed by atoms with E-state index in [9.17, 15) is 4.79 Å². The fourth-order valence-electron chi connectivity index (χ4n) is 2.63. The third kappa shape index (κ3) is 11.6. The van der Waals surface area contributed by atoms with Gasteiger partial charge in [0.05, 0.1) is 0 Å². The Labute approximate surface area is 149 Å². The molecule has 0 rings (SSSR count). The average Bonchev–Trinajstić information content (AvgIpc) is 2.51. The summed E-state index contributed by atoms with van der Waals surface area (Å²) in [5, 5.41) is 3.02. The van der Waals surface area contributed by atoms with Crippen LogP contribution >= 0.6 is 0 Å². The van der Waals surface area contributed by atoms with Gasteiger partial charge in [-0.05, 0) is 30.1 Å². The van der Waals surface area contributed by atoms with Gasteiger partial charge in [-0.15, -0.1) is 0 Å². The highest BCUT2D eigenvalue weighted by Crippen LogP contribution is 2.48. The smallest absolute Gasteiger partial charge is 0.217 e. The van der Waals surface area contributed by atoms with E-state index in [-0.39, 0.29) is 22.8 Å². The third-order valence-electron chi connectivity index (χ3n) is 4.94. The molecule has 144 valence electrons. The van der Waals surface area contributed by atoms with Crippen molar-refractivity contribution in [3.63, 3.8) is 0 Å². The van der Waals surface area contributed by atoms with Crippen molar-refractivity contribution in [1.29, 1.82) is 0 Å². The quantitative estimate of drug-likeness (QED) is 0.553. The number of rotatable bonds is 6. The van der Waals surface area contributed by atoms with E-state index in [4.69, 9.17) is 0 Å². The van der Waals surface area contributed by atoms with Crippen LogP contribution in [-0.4, -0.2) is 11.9 Å². The van der Waals surface area contributed by atoms with Crippen LogP contribution in [0.4, 0.5) is 0 Å². The molecule has 2 unspecified atom stereocenters. The molecule has 0 aliphatic heterocycles. The van der Waals surface area contributed by atoms with Gasteiger partial charge in [0.15, 0.2) is 0 Å². The predicted molar refractivity (Wildman–Crippen MR) is 109 cm³/mol. The monoisotopic (exact) mass is 331 g/mol. The largest absolute Gasteiger partial charge is 0.354 e. The lowest BCUT2D eigenvalue weighted by Crippen LogP contribution is -2.47. The lowest BCUT2D eigenvalue weighted by molar-refractivity contribution is -0.120. The van der Waals surface area contributed by atoms with Crippen LogP contribution in [0.2, 0.25) is 0 Å². The summed E-state index contributed by atoms with van der Waals surface area (Å²) in [6.45, 7) is 29.5. The van der Waals surface area contributed by atoms with Gasteiger partial charge in [-0.25, -0.2) is 0 Å². The summed E-state index contributed by atoms with van der Waals surface area (Å²) in [7, 11) is 0. The number of hydrogen-bond acceptors (Lipinski definition) is 1. The summed E-state index contributed by atoms with van der Waals surface area (Å²) in [5.41, 5.74) is 0.485. The van der Waals surface area contributed by atoms with Crippen molar-refractivity contribution in [2.24, 2.45) is 16.7 Å². The van der Waals surface area contributed by atoms with Crippen LogP contribution in [0.15, 0.2) is 0 Å². The van der Waals surface area contributed by atoms with Gasteiger partial charge in [0.2, 0.25) is 5.91 Å². The first kappa shape index (κ1) is 30.4. The Balaban J connectivity index is -0.000000267. The van der Waals surface area contributed by atoms with E-state index in [0.29, 0.717) is 5.92 Å². The zero-order valence-electron chi connectivity index (χ0n) is 19.0. The summed E-state index contributed by atoms with van der Waals surface area (Å²) < 4.78 is 0. The molecule has 0 bridgehead atoms. The standard InChI is InChI=1S/C15H31NO.3C2H6/c1-9-10-14(5,6)15(7,8)11(2)12(3)16-13(4)17;3*1-2/h11-12H,9-10H2,1-8H3,(H,16,17);3*1-2H3. The highest BCUT2D eigenvalue weighted by molar-refractivity contribution is 5.73. The molecule has 0 heterocycles. The molecule has 0 aliphatic carbocycles. The molecule has 2 heteroatoms. The number of amides is 1. The highest BCUT2D eigenvalue weighted by Gasteiger charge is 2.42. The van der Waals surface area contributed by atoms with Crippen molar-refractivity contribution < 1.29 is 4.79 Å². The first-order valence-electron chi connectivity index (χ1n) is 9.83. The average molecular weight is 332 g/mol. The maximum absolute atomic E-state index is 11.1. The van der Waals surface area contributed by atoms with E-state index < -0.39 is 0 Å². The van der Waals surface area contributed by atoms with Crippen LogP contribution < -0.4 is 5.32 Å². The normalized spacial score (nSPS) is 13.0. The Hall–Kier alpha value is -0.530. The van der Waals surface area contributed by atoms with E-state index in [1.165, 1.54) is 12.8 Å². The zero-order chi connectivity index (χ0) is 19.9. The summed E-state index contributed by atoms with van der Waals surface area (Å²) in [6.07, 6.45) is 2.43. The maximum Gasteiger partial charge on any atom is 0.217 e. The van der Waals surface area contributed by atoms with Gasteiger partial charge in [-0.1, -0.05) is 89.5 Å². The molecular formula is C21H49NO. The molecule has 0 fully saturated rings. The second-order valence-electron chi connectivity index (χ2n) is 6.63. The Morgan fingerprint density at radius 1 is 0.913 bits per heavy atom. The molecule has 0 saturated heterocycles. The van der Waals surface area contributed by atoms with Gasteiger partial charge >= 0.3 is 0 Å². The minimum absolute atomic E-state index is 0.0634. The van der Waals surface area contributed by atoms with E-state index in [1.807, 2.05) is 41.5 Å². The van der Waals surface area contributed by atoms with Gasteiger partial charge in [-0.3, -0.25) is 4.79 Å². The topological polar surface area (TPSA) is 29.1 Å². The second-order valence-corrected chi connectivity index (χ2v) is 6.63. The molecule has 0 aliphatic rings. The maximum atomic E-state index is 11.1. The minimum Gasteiger partial charge on any atom is -0.354 e. The Kier molecular flexibility index (Phi) is 21.6. The van der Waals surface area contributed by atoms with Crippen LogP contribution in [0.25, 0.3) is 0 Å². The molecular weight excluding hydrogens is 282 g/mol. The van der Waals surface area contributed by atoms with E-state index in [1.54, 1.807) is 6.92 Å². The number of hydrogen-bond donors (Lipinski definition) is 1. The van der Waals surface area contributed by atoms with Crippen LogP contribution in [-0.2, 0) is 4.79 Å². The van der Waals surface area contributed by atoms with Gasteiger partial charge in [0, 0.05) is 13.0 Å². The van der Waals surface area contributed by atoms with Crippen LogP contribution in [0, 0.1) is 16.7 Å². The number of carbonyl (C=O) groups is 1. The predicted octanol–water partition coefficient (Wildman–Crippen LogP) is 7.08. The molecule has 1 N–H and O–H groups in total. The van der Waals surface area contributed by atoms with Crippen molar-refractivity contribution >= 4 is 5.91 Å². The van der Waals surface area contributed by atoms with E-state index >= 15 is 0 Å². The SMILES string of the molecule is CC.CC.CC.CCCC(C)(C)C(C)(C)C(C)C(C)NC(C)=O. The van der Waals surface area contributed by atoms with Crippen molar-refractivity contribution in [3.05, 3.63) is 0 Å². The van der Waals surface area contributed by atoms with Crippen LogP contribution in [0.5, 0.6) is 0 Å². The minimum atomic E-state index is 0.0634. The molecule has 0 aromatic rings. The van der Waals surface area contributed by atoms with Gasteiger partial charge < -0.3 is 5.32 Å².